The maximum absolute atomic E-state index is 12.1. The number of rotatable bonds is 7. The molecule has 28 heavy (non-hydrogen) atoms. The normalized spacial score (nSPS) is 28.0. The van der Waals surface area contributed by atoms with Crippen LogP contribution in [0.2, 0.25) is 0 Å². The molecule has 1 aromatic rings. The number of hydrogen-bond acceptors (Lipinski definition) is 6. The zero-order chi connectivity index (χ0) is 20.2. The van der Waals surface area contributed by atoms with Gasteiger partial charge in [0, 0.05) is 38.4 Å². The molecule has 8 nitrogen and oxygen atoms in total. The number of likely N-dealkylation sites (N-methyl/N-ethyl adjacent to an activating group) is 1. The van der Waals surface area contributed by atoms with Crippen LogP contribution >= 0.6 is 0 Å². The summed E-state index contributed by atoms with van der Waals surface area (Å²) < 4.78 is 8.21. The lowest BCUT2D eigenvalue weighted by Gasteiger charge is -2.51. The van der Waals surface area contributed by atoms with Gasteiger partial charge in [-0.1, -0.05) is 0 Å². The first-order chi connectivity index (χ1) is 13.3. The van der Waals surface area contributed by atoms with Crippen molar-refractivity contribution in [2.45, 2.75) is 56.4 Å². The summed E-state index contributed by atoms with van der Waals surface area (Å²) in [4.78, 5) is 16.4. The van der Waals surface area contributed by atoms with Crippen molar-refractivity contribution in [3.8, 4) is 0 Å². The Hall–Kier alpha value is -1.48. The number of aromatic nitrogens is 2. The number of nitrogens with one attached hydrogen (secondary N) is 1. The molecule has 0 aliphatic carbocycles. The summed E-state index contributed by atoms with van der Waals surface area (Å²) in [6.45, 7) is 6.45. The molecule has 1 spiro atoms. The molecule has 3 rings (SSSR count). The van der Waals surface area contributed by atoms with Gasteiger partial charge in [-0.05, 0) is 52.9 Å². The van der Waals surface area contributed by atoms with Gasteiger partial charge < -0.3 is 25.0 Å². The van der Waals surface area contributed by atoms with Crippen LogP contribution in [-0.2, 0) is 16.1 Å². The van der Waals surface area contributed by atoms with Crippen LogP contribution in [0.4, 0.5) is 0 Å². The van der Waals surface area contributed by atoms with Crippen LogP contribution in [0.25, 0.3) is 0 Å². The molecule has 158 valence electrons. The summed E-state index contributed by atoms with van der Waals surface area (Å²) in [7, 11) is 3.71. The molecule has 2 saturated heterocycles. The van der Waals surface area contributed by atoms with Gasteiger partial charge in [0.2, 0.25) is 5.91 Å². The SMILES string of the molecule is CN(C)CC(=O)N[C@H]1COC2(CCN(CCCn3cccn3)CC2)C[C@]1(C)O. The Kier molecular flexibility index (Phi) is 6.75. The fourth-order valence-electron chi connectivity index (χ4n) is 4.38. The van der Waals surface area contributed by atoms with Crippen LogP contribution in [0.5, 0.6) is 0 Å². The van der Waals surface area contributed by atoms with Crippen LogP contribution in [-0.4, -0.2) is 94.7 Å². The highest BCUT2D eigenvalue weighted by Gasteiger charge is 2.49. The van der Waals surface area contributed by atoms with Gasteiger partial charge >= 0.3 is 0 Å². The van der Waals surface area contributed by atoms with Gasteiger partial charge in [-0.3, -0.25) is 9.48 Å². The average Bonchev–Trinajstić information content (AvgIpc) is 3.12. The van der Waals surface area contributed by atoms with E-state index in [1.165, 1.54) is 0 Å². The minimum Gasteiger partial charge on any atom is -0.388 e. The smallest absolute Gasteiger partial charge is 0.234 e. The number of ether oxygens (including phenoxy) is 1. The summed E-state index contributed by atoms with van der Waals surface area (Å²) in [6, 6.07) is 1.59. The highest BCUT2D eigenvalue weighted by molar-refractivity contribution is 5.78. The zero-order valence-electron chi connectivity index (χ0n) is 17.4. The Labute approximate surface area is 167 Å². The number of carbonyl (C=O) groups is 1. The lowest BCUT2D eigenvalue weighted by Crippen LogP contribution is -2.64. The third-order valence-corrected chi connectivity index (χ3v) is 5.97. The van der Waals surface area contributed by atoms with E-state index in [2.05, 4.69) is 15.3 Å². The van der Waals surface area contributed by atoms with Crippen molar-refractivity contribution < 1.29 is 14.6 Å². The van der Waals surface area contributed by atoms with Gasteiger partial charge in [0.1, 0.15) is 0 Å². The van der Waals surface area contributed by atoms with Crippen LogP contribution in [0.15, 0.2) is 18.5 Å². The molecule has 2 fully saturated rings. The standard InChI is InChI=1S/C20H35N5O3/c1-19(27)16-20(28-15-17(19)22-18(26)14-23(2)3)6-12-24(13-7-20)9-5-11-25-10-4-8-21-25/h4,8,10,17,27H,5-7,9,11-16H2,1-3H3,(H,22,26)/t17-,19-/m0/s1. The van der Waals surface area contributed by atoms with Gasteiger partial charge in [0.25, 0.3) is 0 Å². The van der Waals surface area contributed by atoms with E-state index in [0.29, 0.717) is 19.6 Å². The largest absolute Gasteiger partial charge is 0.388 e. The number of piperidine rings is 1. The van der Waals surface area contributed by atoms with Gasteiger partial charge in [-0.2, -0.15) is 5.10 Å². The molecule has 3 heterocycles. The van der Waals surface area contributed by atoms with Crippen molar-refractivity contribution in [1.29, 1.82) is 0 Å². The topological polar surface area (TPSA) is 82.9 Å². The summed E-state index contributed by atoms with van der Waals surface area (Å²) in [5.74, 6) is -0.0816. The van der Waals surface area contributed by atoms with E-state index in [1.54, 1.807) is 0 Å². The number of hydrogen-bond donors (Lipinski definition) is 2. The second-order valence-corrected chi connectivity index (χ2v) is 8.85. The minimum atomic E-state index is -0.956. The number of likely N-dealkylation sites (tertiary alicyclic amines) is 1. The molecule has 2 aliphatic heterocycles. The van der Waals surface area contributed by atoms with E-state index in [4.69, 9.17) is 4.74 Å². The molecule has 0 radical (unpaired) electrons. The molecular weight excluding hydrogens is 358 g/mol. The summed E-state index contributed by atoms with van der Waals surface area (Å²) in [5.41, 5.74) is -1.23. The number of aliphatic hydroxyl groups is 1. The first kappa shape index (κ1) is 21.2. The highest BCUT2D eigenvalue weighted by atomic mass is 16.5. The Morgan fingerprint density at radius 3 is 2.71 bits per heavy atom. The highest BCUT2D eigenvalue weighted by Crippen LogP contribution is 2.39. The quantitative estimate of drug-likeness (QED) is 0.695. The lowest BCUT2D eigenvalue weighted by atomic mass is 9.75. The Bertz CT molecular complexity index is 624. The van der Waals surface area contributed by atoms with E-state index in [1.807, 2.05) is 49.1 Å². The second kappa shape index (κ2) is 8.90. The van der Waals surface area contributed by atoms with Crippen molar-refractivity contribution in [2.75, 3.05) is 46.9 Å². The van der Waals surface area contributed by atoms with E-state index >= 15 is 0 Å². The lowest BCUT2D eigenvalue weighted by molar-refractivity contribution is -0.189. The van der Waals surface area contributed by atoms with E-state index < -0.39 is 5.60 Å². The summed E-state index contributed by atoms with van der Waals surface area (Å²) in [5, 5.41) is 18.2. The van der Waals surface area contributed by atoms with E-state index in [9.17, 15) is 9.90 Å². The third kappa shape index (κ3) is 5.53. The third-order valence-electron chi connectivity index (χ3n) is 5.97. The van der Waals surface area contributed by atoms with Crippen LogP contribution < -0.4 is 5.32 Å². The molecule has 0 aromatic carbocycles. The van der Waals surface area contributed by atoms with Crippen molar-refractivity contribution in [3.63, 3.8) is 0 Å². The molecule has 0 bridgehead atoms. The predicted octanol–water partition coefficient (Wildman–Crippen LogP) is 0.326. The van der Waals surface area contributed by atoms with Gasteiger partial charge in [-0.15, -0.1) is 0 Å². The van der Waals surface area contributed by atoms with Gasteiger partial charge in [-0.25, -0.2) is 0 Å². The fraction of sp³-hybridized carbons (Fsp3) is 0.800. The van der Waals surface area contributed by atoms with Gasteiger partial charge in [0.15, 0.2) is 0 Å². The molecule has 0 saturated carbocycles. The molecule has 0 unspecified atom stereocenters. The average molecular weight is 394 g/mol. The first-order valence-electron chi connectivity index (χ1n) is 10.3. The van der Waals surface area contributed by atoms with Crippen LogP contribution in [0.3, 0.4) is 0 Å². The Morgan fingerprint density at radius 2 is 2.11 bits per heavy atom. The van der Waals surface area contributed by atoms with Crippen molar-refractivity contribution in [2.24, 2.45) is 0 Å². The molecule has 2 N–H and O–H groups in total. The summed E-state index contributed by atoms with van der Waals surface area (Å²) in [6.07, 6.45) is 7.29. The number of aryl methyl sites for hydroxylation is 1. The minimum absolute atomic E-state index is 0.0816. The molecule has 2 aliphatic rings. The first-order valence-corrected chi connectivity index (χ1v) is 10.3. The molecule has 1 aromatic heterocycles. The van der Waals surface area contributed by atoms with Crippen molar-refractivity contribution >= 4 is 5.91 Å². The van der Waals surface area contributed by atoms with Crippen molar-refractivity contribution in [3.05, 3.63) is 18.5 Å². The molecule has 2 atom stereocenters. The van der Waals surface area contributed by atoms with Crippen LogP contribution in [0, 0.1) is 0 Å². The molecule has 8 heteroatoms. The molecule has 1 amide bonds. The fourth-order valence-corrected chi connectivity index (χ4v) is 4.38. The molecular formula is C20H35N5O3. The second-order valence-electron chi connectivity index (χ2n) is 8.85. The predicted molar refractivity (Wildman–Crippen MR) is 107 cm³/mol. The number of carbonyl (C=O) groups excluding carboxylic acids is 1. The number of nitrogens with zero attached hydrogens (tertiary/aromatic N) is 4. The summed E-state index contributed by atoms with van der Waals surface area (Å²) >= 11 is 0. The maximum Gasteiger partial charge on any atom is 0.234 e. The van der Waals surface area contributed by atoms with Crippen molar-refractivity contribution in [1.82, 2.24) is 24.9 Å². The Balaban J connectivity index is 1.44. The van der Waals surface area contributed by atoms with E-state index in [0.717, 1.165) is 45.4 Å². The van der Waals surface area contributed by atoms with Crippen LogP contribution in [0.1, 0.15) is 32.6 Å². The zero-order valence-corrected chi connectivity index (χ0v) is 17.4. The number of amides is 1. The Morgan fingerprint density at radius 1 is 1.36 bits per heavy atom. The maximum atomic E-state index is 12.1. The van der Waals surface area contributed by atoms with E-state index in [-0.39, 0.29) is 17.6 Å². The monoisotopic (exact) mass is 393 g/mol. The van der Waals surface area contributed by atoms with Gasteiger partial charge in [0.05, 0.1) is 30.4 Å².